The summed E-state index contributed by atoms with van der Waals surface area (Å²) >= 11 is 0. The lowest BCUT2D eigenvalue weighted by molar-refractivity contribution is 0.0988. The molecule has 0 atom stereocenters. The maximum atomic E-state index is 12.2. The summed E-state index contributed by atoms with van der Waals surface area (Å²) in [6.45, 7) is 0. The van der Waals surface area contributed by atoms with Crippen molar-refractivity contribution in [3.63, 3.8) is 0 Å². The van der Waals surface area contributed by atoms with Gasteiger partial charge in [0.05, 0.1) is 19.5 Å². The Morgan fingerprint density at radius 2 is 1.89 bits per heavy atom. The minimum absolute atomic E-state index is 0.243. The summed E-state index contributed by atoms with van der Waals surface area (Å²) in [6, 6.07) is 7.16. The molecular weight excluding hydrogens is 244 g/mol. The predicted octanol–water partition coefficient (Wildman–Crippen LogP) is 1.34. The van der Waals surface area contributed by atoms with Crippen molar-refractivity contribution in [3.8, 4) is 5.75 Å². The van der Waals surface area contributed by atoms with E-state index in [-0.39, 0.29) is 17.4 Å². The van der Waals surface area contributed by atoms with E-state index < -0.39 is 0 Å². The van der Waals surface area contributed by atoms with E-state index in [2.05, 4.69) is 9.97 Å². The van der Waals surface area contributed by atoms with Gasteiger partial charge in [-0.15, -0.1) is 0 Å². The van der Waals surface area contributed by atoms with Gasteiger partial charge in [-0.25, -0.2) is 9.97 Å². The van der Waals surface area contributed by atoms with Gasteiger partial charge in [-0.05, 0) is 24.3 Å². The number of carbonyl (C=O) groups excluding carboxylic acids is 1. The third kappa shape index (κ3) is 2.79. The van der Waals surface area contributed by atoms with E-state index in [4.69, 9.17) is 10.5 Å². The van der Waals surface area contributed by atoms with Crippen LogP contribution in [0.3, 0.4) is 0 Å². The Morgan fingerprint density at radius 1 is 1.21 bits per heavy atom. The number of methoxy groups -OCH3 is 1. The first-order valence-electron chi connectivity index (χ1n) is 5.61. The molecule has 2 N–H and O–H groups in total. The number of ether oxygens (including phenoxy) is 1. The van der Waals surface area contributed by atoms with Gasteiger partial charge in [0, 0.05) is 12.7 Å². The first kappa shape index (κ1) is 12.8. The molecule has 0 aliphatic rings. The van der Waals surface area contributed by atoms with Gasteiger partial charge < -0.3 is 15.4 Å². The van der Waals surface area contributed by atoms with Gasteiger partial charge in [-0.1, -0.05) is 0 Å². The predicted molar refractivity (Wildman–Crippen MR) is 72.2 cm³/mol. The second-order valence-corrected chi connectivity index (χ2v) is 3.89. The SMILES string of the molecule is COc1ccc(N(C)C(=O)c2cnc(N)cn2)cc1. The largest absolute Gasteiger partial charge is 0.497 e. The lowest BCUT2D eigenvalue weighted by Gasteiger charge is -2.16. The molecule has 0 saturated carbocycles. The molecule has 0 aliphatic heterocycles. The summed E-state index contributed by atoms with van der Waals surface area (Å²) in [5.41, 5.74) is 6.42. The zero-order valence-corrected chi connectivity index (χ0v) is 10.7. The number of aromatic nitrogens is 2. The van der Waals surface area contributed by atoms with Crippen LogP contribution in [0.5, 0.6) is 5.75 Å². The number of benzene rings is 1. The van der Waals surface area contributed by atoms with Gasteiger partial charge in [0.1, 0.15) is 17.3 Å². The lowest BCUT2D eigenvalue weighted by Crippen LogP contribution is -2.27. The van der Waals surface area contributed by atoms with E-state index in [0.717, 1.165) is 11.4 Å². The van der Waals surface area contributed by atoms with Crippen LogP contribution in [-0.4, -0.2) is 30.0 Å². The van der Waals surface area contributed by atoms with Crippen molar-refractivity contribution >= 4 is 17.4 Å². The minimum Gasteiger partial charge on any atom is -0.497 e. The number of hydrogen-bond acceptors (Lipinski definition) is 5. The van der Waals surface area contributed by atoms with E-state index in [1.807, 2.05) is 0 Å². The van der Waals surface area contributed by atoms with Crippen molar-refractivity contribution in [3.05, 3.63) is 42.4 Å². The Kier molecular flexibility index (Phi) is 3.61. The Balaban J connectivity index is 2.20. The lowest BCUT2D eigenvalue weighted by atomic mass is 10.2. The first-order chi connectivity index (χ1) is 9.11. The first-order valence-corrected chi connectivity index (χ1v) is 5.61. The van der Waals surface area contributed by atoms with Crippen molar-refractivity contribution in [2.24, 2.45) is 0 Å². The minimum atomic E-state index is -0.252. The molecule has 0 fully saturated rings. The number of hydrogen-bond donors (Lipinski definition) is 1. The average molecular weight is 258 g/mol. The number of nitrogen functional groups attached to an aromatic ring is 1. The van der Waals surface area contributed by atoms with Crippen molar-refractivity contribution in [1.29, 1.82) is 0 Å². The highest BCUT2D eigenvalue weighted by atomic mass is 16.5. The smallest absolute Gasteiger partial charge is 0.278 e. The highest BCUT2D eigenvalue weighted by Crippen LogP contribution is 2.19. The van der Waals surface area contributed by atoms with E-state index in [1.165, 1.54) is 17.3 Å². The Morgan fingerprint density at radius 3 is 2.42 bits per heavy atom. The number of carbonyl (C=O) groups is 1. The van der Waals surface area contributed by atoms with E-state index in [9.17, 15) is 4.79 Å². The second-order valence-electron chi connectivity index (χ2n) is 3.89. The van der Waals surface area contributed by atoms with Gasteiger partial charge >= 0.3 is 0 Å². The molecule has 0 bridgehead atoms. The zero-order valence-electron chi connectivity index (χ0n) is 10.7. The standard InChI is InChI=1S/C13H14N4O2/c1-17(9-3-5-10(19-2)6-4-9)13(18)11-7-16-12(14)8-15-11/h3-8H,1-2H3,(H2,14,16). The molecule has 0 saturated heterocycles. The molecule has 0 unspecified atom stereocenters. The van der Waals surface area contributed by atoms with Crippen LogP contribution >= 0.6 is 0 Å². The summed E-state index contributed by atoms with van der Waals surface area (Å²) in [4.78, 5) is 21.5. The maximum absolute atomic E-state index is 12.2. The van der Waals surface area contributed by atoms with Crippen molar-refractivity contribution in [1.82, 2.24) is 9.97 Å². The van der Waals surface area contributed by atoms with Crippen LogP contribution < -0.4 is 15.4 Å². The highest BCUT2D eigenvalue weighted by molar-refractivity contribution is 6.04. The monoisotopic (exact) mass is 258 g/mol. The molecule has 6 heteroatoms. The quantitative estimate of drug-likeness (QED) is 0.898. The molecule has 0 radical (unpaired) electrons. The average Bonchev–Trinajstić information content (AvgIpc) is 2.46. The third-order valence-corrected chi connectivity index (χ3v) is 2.66. The highest BCUT2D eigenvalue weighted by Gasteiger charge is 2.15. The molecule has 0 aliphatic carbocycles. The third-order valence-electron chi connectivity index (χ3n) is 2.66. The van der Waals surface area contributed by atoms with Crippen LogP contribution in [0.1, 0.15) is 10.5 Å². The Bertz CT molecular complexity index is 566. The molecule has 19 heavy (non-hydrogen) atoms. The molecule has 1 aromatic heterocycles. The van der Waals surface area contributed by atoms with Gasteiger partial charge in [-0.3, -0.25) is 4.79 Å². The van der Waals surface area contributed by atoms with Crippen molar-refractivity contribution in [2.45, 2.75) is 0 Å². The molecule has 1 heterocycles. The number of rotatable bonds is 3. The molecule has 1 aromatic carbocycles. The fraction of sp³-hybridized carbons (Fsp3) is 0.154. The van der Waals surface area contributed by atoms with Gasteiger partial charge in [0.25, 0.3) is 5.91 Å². The molecule has 6 nitrogen and oxygen atoms in total. The second kappa shape index (κ2) is 5.34. The van der Waals surface area contributed by atoms with Gasteiger partial charge in [-0.2, -0.15) is 0 Å². The van der Waals surface area contributed by atoms with Crippen LogP contribution in [0, 0.1) is 0 Å². The zero-order chi connectivity index (χ0) is 13.8. The molecule has 0 spiro atoms. The number of anilines is 2. The fourth-order valence-electron chi connectivity index (χ4n) is 1.54. The van der Waals surface area contributed by atoms with Crippen LogP contribution in [0.15, 0.2) is 36.7 Å². The fourth-order valence-corrected chi connectivity index (χ4v) is 1.54. The normalized spacial score (nSPS) is 10.0. The van der Waals surface area contributed by atoms with Crippen LogP contribution in [0.4, 0.5) is 11.5 Å². The molecule has 98 valence electrons. The summed E-state index contributed by atoms with van der Waals surface area (Å²) < 4.78 is 5.07. The Hall–Kier alpha value is -2.63. The Labute approximate surface area is 110 Å². The van der Waals surface area contributed by atoms with Crippen LogP contribution in [0.25, 0.3) is 0 Å². The summed E-state index contributed by atoms with van der Waals surface area (Å²) in [6.07, 6.45) is 2.72. The molecule has 1 amide bonds. The van der Waals surface area contributed by atoms with Gasteiger partial charge in [0.15, 0.2) is 0 Å². The summed E-state index contributed by atoms with van der Waals surface area (Å²) in [5.74, 6) is 0.762. The van der Waals surface area contributed by atoms with E-state index in [1.54, 1.807) is 38.4 Å². The molecule has 2 aromatic rings. The van der Waals surface area contributed by atoms with Crippen molar-refractivity contribution < 1.29 is 9.53 Å². The molecule has 2 rings (SSSR count). The summed E-state index contributed by atoms with van der Waals surface area (Å²) in [7, 11) is 3.26. The van der Waals surface area contributed by atoms with E-state index >= 15 is 0 Å². The van der Waals surface area contributed by atoms with Crippen molar-refractivity contribution in [2.75, 3.05) is 24.8 Å². The molecular formula is C13H14N4O2. The topological polar surface area (TPSA) is 81.3 Å². The van der Waals surface area contributed by atoms with Crippen LogP contribution in [0.2, 0.25) is 0 Å². The number of nitrogens with two attached hydrogens (primary N) is 1. The van der Waals surface area contributed by atoms with E-state index in [0.29, 0.717) is 0 Å². The maximum Gasteiger partial charge on any atom is 0.278 e. The van der Waals surface area contributed by atoms with Crippen LogP contribution in [-0.2, 0) is 0 Å². The number of amides is 1. The number of nitrogens with zero attached hydrogens (tertiary/aromatic N) is 3. The van der Waals surface area contributed by atoms with Gasteiger partial charge in [0.2, 0.25) is 0 Å². The summed E-state index contributed by atoms with van der Waals surface area (Å²) in [5, 5.41) is 0.